The van der Waals surface area contributed by atoms with Crippen molar-refractivity contribution in [2.45, 2.75) is 31.9 Å². The van der Waals surface area contributed by atoms with Crippen LogP contribution in [-0.4, -0.2) is 16.3 Å². The van der Waals surface area contributed by atoms with Crippen LogP contribution in [0.5, 0.6) is 5.75 Å². The fourth-order valence-electron chi connectivity index (χ4n) is 1.39. The van der Waals surface area contributed by atoms with Crippen LogP contribution in [0.1, 0.15) is 31.4 Å². The molecule has 0 aromatic heterocycles. The van der Waals surface area contributed by atoms with Gasteiger partial charge in [-0.25, -0.2) is 0 Å². The second-order valence-corrected chi connectivity index (χ2v) is 3.47. The second-order valence-electron chi connectivity index (χ2n) is 3.47. The molecule has 1 aromatic rings. The molecule has 15 heavy (non-hydrogen) atoms. The Morgan fingerprint density at radius 2 is 1.80 bits per heavy atom. The van der Waals surface area contributed by atoms with Gasteiger partial charge >= 0.3 is 0 Å². The Labute approximate surface area is 96.3 Å². The largest absolute Gasteiger partial charge is 0.508 e. The van der Waals surface area contributed by atoms with Crippen LogP contribution in [-0.2, 0) is 0 Å². The summed E-state index contributed by atoms with van der Waals surface area (Å²) >= 11 is 0. The van der Waals surface area contributed by atoms with Crippen molar-refractivity contribution < 1.29 is 10.2 Å². The zero-order valence-corrected chi connectivity index (χ0v) is 9.57. The third-order valence-corrected chi connectivity index (χ3v) is 2.28. The Hall–Kier alpha value is -0.770. The number of aromatic hydroxyl groups is 1. The lowest BCUT2D eigenvalue weighted by atomic mass is 9.99. The fourth-order valence-corrected chi connectivity index (χ4v) is 1.39. The van der Waals surface area contributed by atoms with Crippen molar-refractivity contribution in [1.29, 1.82) is 0 Å². The van der Waals surface area contributed by atoms with Gasteiger partial charge in [0.2, 0.25) is 0 Å². The Morgan fingerprint density at radius 3 is 2.27 bits per heavy atom. The van der Waals surface area contributed by atoms with Crippen LogP contribution in [0.4, 0.5) is 0 Å². The number of phenolic OH excluding ortho intramolecular Hbond substituents is 1. The molecule has 0 heterocycles. The zero-order valence-electron chi connectivity index (χ0n) is 8.76. The molecule has 4 heteroatoms. The van der Waals surface area contributed by atoms with Gasteiger partial charge in [0.05, 0.1) is 12.1 Å². The number of benzene rings is 1. The first-order valence-electron chi connectivity index (χ1n) is 4.87. The summed E-state index contributed by atoms with van der Waals surface area (Å²) in [5, 5.41) is 18.7. The van der Waals surface area contributed by atoms with E-state index in [2.05, 4.69) is 0 Å². The monoisotopic (exact) mass is 231 g/mol. The molecule has 86 valence electrons. The average molecular weight is 232 g/mol. The first kappa shape index (κ1) is 14.2. The van der Waals surface area contributed by atoms with Crippen LogP contribution in [0.2, 0.25) is 0 Å². The molecule has 0 fully saturated rings. The highest BCUT2D eigenvalue weighted by molar-refractivity contribution is 5.85. The van der Waals surface area contributed by atoms with E-state index < -0.39 is 6.10 Å². The van der Waals surface area contributed by atoms with Gasteiger partial charge < -0.3 is 15.9 Å². The Balaban J connectivity index is 0.00000196. The van der Waals surface area contributed by atoms with Crippen LogP contribution in [0.15, 0.2) is 24.3 Å². The van der Waals surface area contributed by atoms with Crippen molar-refractivity contribution in [3.63, 3.8) is 0 Å². The van der Waals surface area contributed by atoms with E-state index in [1.165, 1.54) is 0 Å². The lowest BCUT2D eigenvalue weighted by Crippen LogP contribution is -2.25. The highest BCUT2D eigenvalue weighted by Crippen LogP contribution is 2.19. The number of aliphatic hydroxyl groups is 1. The molecular weight excluding hydrogens is 214 g/mol. The number of hydrogen-bond acceptors (Lipinski definition) is 3. The molecule has 0 saturated carbocycles. The van der Waals surface area contributed by atoms with Crippen LogP contribution in [0.25, 0.3) is 0 Å². The quantitative estimate of drug-likeness (QED) is 0.742. The molecular formula is C11H18ClNO2. The maximum atomic E-state index is 9.65. The molecule has 0 amide bonds. The molecule has 0 aliphatic carbocycles. The highest BCUT2D eigenvalue weighted by Gasteiger charge is 2.15. The maximum Gasteiger partial charge on any atom is 0.115 e. The number of halogens is 1. The van der Waals surface area contributed by atoms with Crippen molar-refractivity contribution in [2.75, 3.05) is 0 Å². The predicted octanol–water partition coefficient (Wildman–Crippen LogP) is 1.97. The molecule has 0 aliphatic heterocycles. The van der Waals surface area contributed by atoms with E-state index in [0.717, 1.165) is 12.0 Å². The minimum absolute atomic E-state index is 0. The summed E-state index contributed by atoms with van der Waals surface area (Å²) in [4.78, 5) is 0. The van der Waals surface area contributed by atoms with Gasteiger partial charge in [-0.2, -0.15) is 0 Å². The lowest BCUT2D eigenvalue weighted by Gasteiger charge is -2.18. The van der Waals surface area contributed by atoms with Gasteiger partial charge in [-0.05, 0) is 24.1 Å². The number of hydrogen-bond donors (Lipinski definition) is 3. The van der Waals surface area contributed by atoms with Crippen molar-refractivity contribution in [3.8, 4) is 5.75 Å². The van der Waals surface area contributed by atoms with Gasteiger partial charge in [-0.3, -0.25) is 0 Å². The van der Waals surface area contributed by atoms with E-state index in [9.17, 15) is 5.11 Å². The van der Waals surface area contributed by atoms with Gasteiger partial charge in [0, 0.05) is 0 Å². The van der Waals surface area contributed by atoms with Gasteiger partial charge in [0.15, 0.2) is 0 Å². The zero-order chi connectivity index (χ0) is 10.6. The summed E-state index contributed by atoms with van der Waals surface area (Å²) in [7, 11) is 0. The summed E-state index contributed by atoms with van der Waals surface area (Å²) < 4.78 is 0. The molecule has 4 N–H and O–H groups in total. The summed E-state index contributed by atoms with van der Waals surface area (Å²) in [6.45, 7) is 2.01. The number of aliphatic hydroxyl groups excluding tert-OH is 1. The van der Waals surface area contributed by atoms with Crippen molar-refractivity contribution in [2.24, 2.45) is 5.73 Å². The van der Waals surface area contributed by atoms with E-state index in [1.54, 1.807) is 24.3 Å². The molecule has 0 radical (unpaired) electrons. The van der Waals surface area contributed by atoms with Crippen LogP contribution in [0, 0.1) is 0 Å². The minimum Gasteiger partial charge on any atom is -0.508 e. The van der Waals surface area contributed by atoms with E-state index in [0.29, 0.717) is 6.42 Å². The number of phenols is 1. The van der Waals surface area contributed by atoms with Crippen molar-refractivity contribution in [3.05, 3.63) is 29.8 Å². The SMILES string of the molecule is CCC[C@H](O)[C@H](N)c1ccc(O)cc1.Cl. The molecule has 0 saturated heterocycles. The number of nitrogens with two attached hydrogens (primary N) is 1. The van der Waals surface area contributed by atoms with Crippen molar-refractivity contribution in [1.82, 2.24) is 0 Å². The third-order valence-electron chi connectivity index (χ3n) is 2.28. The van der Waals surface area contributed by atoms with E-state index in [1.807, 2.05) is 6.92 Å². The summed E-state index contributed by atoms with van der Waals surface area (Å²) in [5.41, 5.74) is 6.69. The lowest BCUT2D eigenvalue weighted by molar-refractivity contribution is 0.134. The molecule has 0 aliphatic rings. The number of rotatable bonds is 4. The van der Waals surface area contributed by atoms with Crippen LogP contribution >= 0.6 is 12.4 Å². The average Bonchev–Trinajstić information content (AvgIpc) is 2.18. The molecule has 1 rings (SSSR count). The molecule has 2 atom stereocenters. The summed E-state index contributed by atoms with van der Waals surface area (Å²) in [5.74, 6) is 0.214. The molecule has 0 spiro atoms. The fraction of sp³-hybridized carbons (Fsp3) is 0.455. The maximum absolute atomic E-state index is 9.65. The standard InChI is InChI=1S/C11H17NO2.ClH/c1-2-3-10(14)11(12)8-4-6-9(13)7-5-8;/h4-7,10-11,13-14H,2-3,12H2,1H3;1H/t10-,11+;/m0./s1. The smallest absolute Gasteiger partial charge is 0.115 e. The Morgan fingerprint density at radius 1 is 1.27 bits per heavy atom. The first-order valence-corrected chi connectivity index (χ1v) is 4.87. The van der Waals surface area contributed by atoms with Gasteiger partial charge in [-0.15, -0.1) is 12.4 Å². The molecule has 0 unspecified atom stereocenters. The minimum atomic E-state index is -0.510. The van der Waals surface area contributed by atoms with Crippen LogP contribution < -0.4 is 5.73 Å². The van der Waals surface area contributed by atoms with Crippen molar-refractivity contribution >= 4 is 12.4 Å². The van der Waals surface area contributed by atoms with E-state index in [4.69, 9.17) is 10.8 Å². The highest BCUT2D eigenvalue weighted by atomic mass is 35.5. The van der Waals surface area contributed by atoms with Crippen LogP contribution in [0.3, 0.4) is 0 Å². The van der Waals surface area contributed by atoms with Gasteiger partial charge in [0.1, 0.15) is 5.75 Å². The second kappa shape index (κ2) is 6.67. The Bertz CT molecular complexity index is 276. The predicted molar refractivity (Wildman–Crippen MR) is 63.2 cm³/mol. The first-order chi connectivity index (χ1) is 6.65. The van der Waals surface area contributed by atoms with Gasteiger partial charge in [0.25, 0.3) is 0 Å². The van der Waals surface area contributed by atoms with Gasteiger partial charge in [-0.1, -0.05) is 25.5 Å². The molecule has 1 aromatic carbocycles. The molecule has 0 bridgehead atoms. The normalized spacial score (nSPS) is 14.1. The van der Waals surface area contributed by atoms with E-state index >= 15 is 0 Å². The van der Waals surface area contributed by atoms with E-state index in [-0.39, 0.29) is 24.2 Å². The summed E-state index contributed by atoms with van der Waals surface area (Å²) in [6, 6.07) is 6.26. The summed E-state index contributed by atoms with van der Waals surface area (Å²) in [6.07, 6.45) is 1.10. The molecule has 3 nitrogen and oxygen atoms in total. The topological polar surface area (TPSA) is 66.5 Å². The third kappa shape index (κ3) is 4.08. The Kier molecular flexibility index (Phi) is 6.32.